The summed E-state index contributed by atoms with van der Waals surface area (Å²) in [4.78, 5) is 2.81. The van der Waals surface area contributed by atoms with Gasteiger partial charge in [0.25, 0.3) is 0 Å². The van der Waals surface area contributed by atoms with Crippen LogP contribution in [0, 0.1) is 5.92 Å². The minimum absolute atomic E-state index is 0.221. The topological polar surface area (TPSA) is 49.5 Å². The molecule has 2 atom stereocenters. The zero-order valence-corrected chi connectivity index (χ0v) is 11.5. The Labute approximate surface area is 114 Å². The molecule has 1 aliphatic heterocycles. The first-order valence-electron chi connectivity index (χ1n) is 6.36. The monoisotopic (exact) mass is 264 g/mol. The van der Waals surface area contributed by atoms with E-state index in [2.05, 4.69) is 11.0 Å². The van der Waals surface area contributed by atoms with E-state index in [0.29, 0.717) is 10.9 Å². The highest BCUT2D eigenvalue weighted by atomic mass is 32.1. The number of benzene rings is 1. The van der Waals surface area contributed by atoms with Crippen LogP contribution in [0.25, 0.3) is 0 Å². The van der Waals surface area contributed by atoms with Gasteiger partial charge in [0.15, 0.2) is 0 Å². The molecular formula is C14H20N2OS. The van der Waals surface area contributed by atoms with Crippen molar-refractivity contribution in [2.75, 3.05) is 13.1 Å². The van der Waals surface area contributed by atoms with Crippen LogP contribution >= 0.6 is 12.2 Å². The minimum atomic E-state index is -0.221. The molecule has 1 fully saturated rings. The fraction of sp³-hybridized carbons (Fsp3) is 0.500. The Bertz CT molecular complexity index is 434. The average Bonchev–Trinajstić information content (AvgIpc) is 2.78. The summed E-state index contributed by atoms with van der Waals surface area (Å²) in [5.74, 6) is 0.391. The molecule has 98 valence electrons. The molecule has 4 heteroatoms. The third-order valence-electron chi connectivity index (χ3n) is 3.67. The summed E-state index contributed by atoms with van der Waals surface area (Å²) in [5.41, 5.74) is 7.88. The van der Waals surface area contributed by atoms with Gasteiger partial charge in [0.1, 0.15) is 4.99 Å². The van der Waals surface area contributed by atoms with E-state index in [1.54, 1.807) is 0 Å². The van der Waals surface area contributed by atoms with Crippen LogP contribution in [0.2, 0.25) is 0 Å². The Morgan fingerprint density at radius 2 is 2.28 bits per heavy atom. The van der Waals surface area contributed by atoms with Crippen LogP contribution in [-0.2, 0) is 6.54 Å². The van der Waals surface area contributed by atoms with Gasteiger partial charge in [-0.25, -0.2) is 0 Å². The van der Waals surface area contributed by atoms with E-state index < -0.39 is 0 Å². The van der Waals surface area contributed by atoms with Crippen molar-refractivity contribution in [2.45, 2.75) is 26.0 Å². The molecule has 1 aromatic carbocycles. The van der Waals surface area contributed by atoms with Gasteiger partial charge in [-0.3, -0.25) is 4.90 Å². The largest absolute Gasteiger partial charge is 0.393 e. The summed E-state index contributed by atoms with van der Waals surface area (Å²) in [6.45, 7) is 4.71. The molecule has 0 saturated carbocycles. The normalized spacial score (nSPS) is 22.0. The Kier molecular flexibility index (Phi) is 4.32. The fourth-order valence-corrected chi connectivity index (χ4v) is 2.74. The maximum atomic E-state index is 9.61. The number of thiocarbonyl (C=S) groups is 1. The number of likely N-dealkylation sites (tertiary alicyclic amines) is 1. The molecule has 0 spiro atoms. The molecule has 0 radical (unpaired) electrons. The van der Waals surface area contributed by atoms with Crippen LogP contribution in [0.3, 0.4) is 0 Å². The van der Waals surface area contributed by atoms with Crippen molar-refractivity contribution in [3.8, 4) is 0 Å². The summed E-state index contributed by atoms with van der Waals surface area (Å²) in [6, 6.07) is 8.02. The SMILES string of the molecule is CC(O)C1CCN(Cc2ccccc2C(N)=S)C1. The standard InChI is InChI=1S/C14H20N2OS/c1-10(17)11-6-7-16(8-11)9-12-4-2-3-5-13(12)14(15)18/h2-5,10-11,17H,6-9H2,1H3,(H2,15,18). The molecule has 1 aliphatic rings. The molecule has 2 rings (SSSR count). The van der Waals surface area contributed by atoms with E-state index >= 15 is 0 Å². The van der Waals surface area contributed by atoms with Crippen LogP contribution in [0.1, 0.15) is 24.5 Å². The zero-order chi connectivity index (χ0) is 13.1. The van der Waals surface area contributed by atoms with Crippen LogP contribution in [0.15, 0.2) is 24.3 Å². The van der Waals surface area contributed by atoms with E-state index in [4.69, 9.17) is 18.0 Å². The first kappa shape index (κ1) is 13.5. The quantitative estimate of drug-likeness (QED) is 0.810. The summed E-state index contributed by atoms with van der Waals surface area (Å²) < 4.78 is 0. The third kappa shape index (κ3) is 3.07. The van der Waals surface area contributed by atoms with Crippen LogP contribution < -0.4 is 5.73 Å². The van der Waals surface area contributed by atoms with Crippen molar-refractivity contribution >= 4 is 17.2 Å². The van der Waals surface area contributed by atoms with Gasteiger partial charge in [-0.2, -0.15) is 0 Å². The third-order valence-corrected chi connectivity index (χ3v) is 3.89. The van der Waals surface area contributed by atoms with Crippen molar-refractivity contribution < 1.29 is 5.11 Å². The number of nitrogens with zero attached hydrogens (tertiary/aromatic N) is 1. The van der Waals surface area contributed by atoms with E-state index in [9.17, 15) is 5.11 Å². The number of rotatable bonds is 4. The predicted molar refractivity (Wildman–Crippen MR) is 77.4 cm³/mol. The second-order valence-corrected chi connectivity index (χ2v) is 5.49. The number of hydrogen-bond acceptors (Lipinski definition) is 3. The van der Waals surface area contributed by atoms with Gasteiger partial charge in [0.05, 0.1) is 6.10 Å². The highest BCUT2D eigenvalue weighted by molar-refractivity contribution is 7.80. The van der Waals surface area contributed by atoms with Crippen LogP contribution in [-0.4, -0.2) is 34.2 Å². The Balaban J connectivity index is 2.05. The van der Waals surface area contributed by atoms with Gasteiger partial charge in [0, 0.05) is 18.7 Å². The van der Waals surface area contributed by atoms with Crippen molar-refractivity contribution in [1.82, 2.24) is 4.90 Å². The zero-order valence-electron chi connectivity index (χ0n) is 10.7. The molecule has 0 aliphatic carbocycles. The molecule has 3 N–H and O–H groups in total. The van der Waals surface area contributed by atoms with E-state index in [0.717, 1.165) is 31.6 Å². The van der Waals surface area contributed by atoms with Gasteiger partial charge < -0.3 is 10.8 Å². The Morgan fingerprint density at radius 3 is 2.89 bits per heavy atom. The lowest BCUT2D eigenvalue weighted by atomic mass is 10.0. The van der Waals surface area contributed by atoms with Crippen molar-refractivity contribution in [2.24, 2.45) is 11.7 Å². The highest BCUT2D eigenvalue weighted by Gasteiger charge is 2.26. The van der Waals surface area contributed by atoms with E-state index in [1.165, 1.54) is 5.56 Å². The molecule has 2 unspecified atom stereocenters. The number of aliphatic hydroxyl groups is 1. The van der Waals surface area contributed by atoms with Crippen LogP contribution in [0.5, 0.6) is 0 Å². The summed E-state index contributed by atoms with van der Waals surface area (Å²) in [7, 11) is 0. The first-order chi connectivity index (χ1) is 8.58. The molecule has 3 nitrogen and oxygen atoms in total. The Morgan fingerprint density at radius 1 is 1.56 bits per heavy atom. The fourth-order valence-electron chi connectivity index (χ4n) is 2.54. The molecule has 0 bridgehead atoms. The molecule has 18 heavy (non-hydrogen) atoms. The lowest BCUT2D eigenvalue weighted by Crippen LogP contribution is -2.25. The van der Waals surface area contributed by atoms with Gasteiger partial charge in [0.2, 0.25) is 0 Å². The molecule has 0 amide bonds. The lowest BCUT2D eigenvalue weighted by molar-refractivity contribution is 0.127. The molecular weight excluding hydrogens is 244 g/mol. The van der Waals surface area contributed by atoms with E-state index in [1.807, 2.05) is 25.1 Å². The number of aliphatic hydroxyl groups excluding tert-OH is 1. The summed E-state index contributed by atoms with van der Waals surface area (Å²) in [5, 5.41) is 9.61. The minimum Gasteiger partial charge on any atom is -0.393 e. The number of hydrogen-bond donors (Lipinski definition) is 2. The van der Waals surface area contributed by atoms with Crippen molar-refractivity contribution in [3.05, 3.63) is 35.4 Å². The van der Waals surface area contributed by atoms with E-state index in [-0.39, 0.29) is 6.10 Å². The highest BCUT2D eigenvalue weighted by Crippen LogP contribution is 2.22. The average molecular weight is 264 g/mol. The maximum Gasteiger partial charge on any atom is 0.104 e. The second-order valence-electron chi connectivity index (χ2n) is 5.05. The first-order valence-corrected chi connectivity index (χ1v) is 6.77. The predicted octanol–water partition coefficient (Wildman–Crippen LogP) is 1.52. The summed E-state index contributed by atoms with van der Waals surface area (Å²) >= 11 is 5.07. The Hall–Kier alpha value is -0.970. The molecule has 1 saturated heterocycles. The molecule has 0 aromatic heterocycles. The molecule has 1 aromatic rings. The molecule has 1 heterocycles. The number of nitrogens with two attached hydrogens (primary N) is 1. The van der Waals surface area contributed by atoms with Gasteiger partial charge in [-0.05, 0) is 31.4 Å². The van der Waals surface area contributed by atoms with Crippen molar-refractivity contribution in [1.29, 1.82) is 0 Å². The van der Waals surface area contributed by atoms with Gasteiger partial charge in [-0.1, -0.05) is 36.5 Å². The smallest absolute Gasteiger partial charge is 0.104 e. The van der Waals surface area contributed by atoms with Crippen molar-refractivity contribution in [3.63, 3.8) is 0 Å². The van der Waals surface area contributed by atoms with Crippen LogP contribution in [0.4, 0.5) is 0 Å². The van der Waals surface area contributed by atoms with Gasteiger partial charge >= 0.3 is 0 Å². The van der Waals surface area contributed by atoms with Gasteiger partial charge in [-0.15, -0.1) is 0 Å². The maximum absolute atomic E-state index is 9.61. The lowest BCUT2D eigenvalue weighted by Gasteiger charge is -2.19. The summed E-state index contributed by atoms with van der Waals surface area (Å²) in [6.07, 6.45) is 0.841. The second kappa shape index (κ2) is 5.78.